The van der Waals surface area contributed by atoms with Gasteiger partial charge < -0.3 is 5.32 Å². The maximum atomic E-state index is 6.16. The Morgan fingerprint density at radius 1 is 1.25 bits per heavy atom. The molecule has 2 rings (SSSR count). The highest BCUT2D eigenvalue weighted by atomic mass is 79.9. The van der Waals surface area contributed by atoms with Gasteiger partial charge in [0.1, 0.15) is 17.3 Å². The van der Waals surface area contributed by atoms with Crippen LogP contribution in [0.15, 0.2) is 35.1 Å². The van der Waals surface area contributed by atoms with Crippen molar-refractivity contribution in [2.75, 3.05) is 5.32 Å². The Kier molecular flexibility index (Phi) is 5.38. The van der Waals surface area contributed by atoms with Crippen molar-refractivity contribution in [2.45, 2.75) is 32.7 Å². The van der Waals surface area contributed by atoms with Crippen molar-refractivity contribution >= 4 is 33.3 Å². The first kappa shape index (κ1) is 15.3. The number of nitrogens with one attached hydrogen (secondary N) is 1. The summed E-state index contributed by atoms with van der Waals surface area (Å²) in [5.74, 6) is 0.822. The van der Waals surface area contributed by atoms with Crippen molar-refractivity contribution in [3.63, 3.8) is 0 Å². The van der Waals surface area contributed by atoms with Gasteiger partial charge in [-0.1, -0.05) is 53.0 Å². The minimum atomic E-state index is 0.157. The van der Waals surface area contributed by atoms with Crippen LogP contribution in [0.1, 0.15) is 37.4 Å². The van der Waals surface area contributed by atoms with Crippen molar-refractivity contribution < 1.29 is 0 Å². The average Bonchev–Trinajstić information content (AvgIpc) is 2.43. The molecule has 0 radical (unpaired) electrons. The van der Waals surface area contributed by atoms with Crippen LogP contribution in [0.3, 0.4) is 0 Å². The van der Waals surface area contributed by atoms with Crippen LogP contribution in [0.25, 0.3) is 0 Å². The Balaban J connectivity index is 2.21. The van der Waals surface area contributed by atoms with Crippen molar-refractivity contribution in [1.29, 1.82) is 0 Å². The lowest BCUT2D eigenvalue weighted by molar-refractivity contribution is 0.846. The zero-order valence-electron chi connectivity index (χ0n) is 11.5. The fourth-order valence-electron chi connectivity index (χ4n) is 2.03. The molecule has 1 aromatic heterocycles. The first-order valence-electron chi connectivity index (χ1n) is 6.63. The largest absolute Gasteiger partial charge is 0.363 e. The predicted octanol–water partition coefficient (Wildman–Crippen LogP) is 5.02. The number of halogens is 2. The lowest BCUT2D eigenvalue weighted by Gasteiger charge is -2.17. The molecule has 1 N–H and O–H groups in total. The van der Waals surface area contributed by atoms with Gasteiger partial charge in [-0.05, 0) is 31.0 Å². The van der Waals surface area contributed by atoms with E-state index in [1.165, 1.54) is 11.9 Å². The van der Waals surface area contributed by atoms with Gasteiger partial charge in [0, 0.05) is 16.1 Å². The molecule has 20 heavy (non-hydrogen) atoms. The SMILES string of the molecule is CCCc1c(Cl)ncnc1NC(C)c1ccc(Br)cc1. The third-order valence-electron chi connectivity index (χ3n) is 3.12. The quantitative estimate of drug-likeness (QED) is 0.766. The van der Waals surface area contributed by atoms with Gasteiger partial charge in [-0.25, -0.2) is 9.97 Å². The zero-order valence-corrected chi connectivity index (χ0v) is 13.9. The molecule has 0 amide bonds. The second-order valence-corrected chi connectivity index (χ2v) is 5.93. The number of aromatic nitrogens is 2. The summed E-state index contributed by atoms with van der Waals surface area (Å²) >= 11 is 9.61. The van der Waals surface area contributed by atoms with Crippen molar-refractivity contribution in [1.82, 2.24) is 9.97 Å². The van der Waals surface area contributed by atoms with E-state index in [9.17, 15) is 0 Å². The summed E-state index contributed by atoms with van der Waals surface area (Å²) in [6, 6.07) is 8.40. The molecule has 1 unspecified atom stereocenters. The molecule has 0 aliphatic rings. The maximum absolute atomic E-state index is 6.16. The minimum absolute atomic E-state index is 0.157. The number of nitrogens with zero attached hydrogens (tertiary/aromatic N) is 2. The summed E-state index contributed by atoms with van der Waals surface area (Å²) in [6.07, 6.45) is 3.38. The Labute approximate surface area is 132 Å². The second kappa shape index (κ2) is 7.04. The van der Waals surface area contributed by atoms with Crippen LogP contribution >= 0.6 is 27.5 Å². The smallest absolute Gasteiger partial charge is 0.137 e. The lowest BCUT2D eigenvalue weighted by atomic mass is 10.1. The fraction of sp³-hybridized carbons (Fsp3) is 0.333. The van der Waals surface area contributed by atoms with Gasteiger partial charge in [-0.3, -0.25) is 0 Å². The van der Waals surface area contributed by atoms with Gasteiger partial charge >= 0.3 is 0 Å². The molecule has 3 nitrogen and oxygen atoms in total. The van der Waals surface area contributed by atoms with Gasteiger partial charge in [0.15, 0.2) is 0 Å². The molecule has 0 saturated heterocycles. The van der Waals surface area contributed by atoms with E-state index in [-0.39, 0.29) is 6.04 Å². The molecule has 1 aromatic carbocycles. The molecular formula is C15H17BrClN3. The summed E-state index contributed by atoms with van der Waals surface area (Å²) in [5, 5.41) is 3.96. The van der Waals surface area contributed by atoms with Crippen LogP contribution in [0, 0.1) is 0 Å². The van der Waals surface area contributed by atoms with E-state index in [2.05, 4.69) is 57.2 Å². The van der Waals surface area contributed by atoms with E-state index >= 15 is 0 Å². The normalized spacial score (nSPS) is 12.2. The van der Waals surface area contributed by atoms with E-state index in [1.807, 2.05) is 12.1 Å². The fourth-order valence-corrected chi connectivity index (χ4v) is 2.52. The number of benzene rings is 1. The average molecular weight is 355 g/mol. The molecule has 0 bridgehead atoms. The first-order valence-corrected chi connectivity index (χ1v) is 7.80. The lowest BCUT2D eigenvalue weighted by Crippen LogP contribution is -2.10. The highest BCUT2D eigenvalue weighted by Gasteiger charge is 2.12. The van der Waals surface area contributed by atoms with E-state index < -0.39 is 0 Å². The van der Waals surface area contributed by atoms with Gasteiger partial charge in [-0.15, -0.1) is 0 Å². The Hall–Kier alpha value is -1.13. The minimum Gasteiger partial charge on any atom is -0.363 e. The van der Waals surface area contributed by atoms with E-state index in [1.54, 1.807) is 0 Å². The maximum Gasteiger partial charge on any atom is 0.137 e. The zero-order chi connectivity index (χ0) is 14.5. The molecule has 1 atom stereocenters. The van der Waals surface area contributed by atoms with E-state index in [4.69, 9.17) is 11.6 Å². The number of hydrogen-bond donors (Lipinski definition) is 1. The molecule has 1 heterocycles. The highest BCUT2D eigenvalue weighted by Crippen LogP contribution is 2.26. The molecule has 106 valence electrons. The summed E-state index contributed by atoms with van der Waals surface area (Å²) in [5.41, 5.74) is 2.19. The summed E-state index contributed by atoms with van der Waals surface area (Å²) in [6.45, 7) is 4.22. The Bertz CT molecular complexity index is 572. The molecule has 0 aliphatic carbocycles. The van der Waals surface area contributed by atoms with Crippen LogP contribution in [-0.4, -0.2) is 9.97 Å². The standard InChI is InChI=1S/C15H17BrClN3/c1-3-4-13-14(17)18-9-19-15(13)20-10(2)11-5-7-12(16)8-6-11/h5-10H,3-4H2,1-2H3,(H,18,19,20). The van der Waals surface area contributed by atoms with Crippen LogP contribution in [0.5, 0.6) is 0 Å². The van der Waals surface area contributed by atoms with Gasteiger partial charge in [0.05, 0.1) is 0 Å². The van der Waals surface area contributed by atoms with Crippen LogP contribution < -0.4 is 5.32 Å². The molecule has 5 heteroatoms. The number of rotatable bonds is 5. The third-order valence-corrected chi connectivity index (χ3v) is 3.97. The highest BCUT2D eigenvalue weighted by molar-refractivity contribution is 9.10. The van der Waals surface area contributed by atoms with Gasteiger partial charge in [0.25, 0.3) is 0 Å². The van der Waals surface area contributed by atoms with Crippen molar-refractivity contribution in [2.24, 2.45) is 0 Å². The monoisotopic (exact) mass is 353 g/mol. The van der Waals surface area contributed by atoms with E-state index in [0.717, 1.165) is 28.7 Å². The van der Waals surface area contributed by atoms with Crippen LogP contribution in [0.2, 0.25) is 5.15 Å². The molecule has 2 aromatic rings. The summed E-state index contributed by atoms with van der Waals surface area (Å²) < 4.78 is 1.07. The van der Waals surface area contributed by atoms with Crippen molar-refractivity contribution in [3.05, 3.63) is 51.3 Å². The third kappa shape index (κ3) is 3.70. The predicted molar refractivity (Wildman–Crippen MR) is 87.2 cm³/mol. The summed E-state index contributed by atoms with van der Waals surface area (Å²) in [7, 11) is 0. The van der Waals surface area contributed by atoms with Crippen molar-refractivity contribution in [3.8, 4) is 0 Å². The molecule has 0 saturated carbocycles. The topological polar surface area (TPSA) is 37.8 Å². The molecule has 0 fully saturated rings. The Morgan fingerprint density at radius 3 is 2.60 bits per heavy atom. The molecule has 0 spiro atoms. The van der Waals surface area contributed by atoms with Gasteiger partial charge in [0.2, 0.25) is 0 Å². The Morgan fingerprint density at radius 2 is 1.95 bits per heavy atom. The van der Waals surface area contributed by atoms with E-state index in [0.29, 0.717) is 5.15 Å². The number of hydrogen-bond acceptors (Lipinski definition) is 3. The van der Waals surface area contributed by atoms with Crippen LogP contribution in [0.4, 0.5) is 5.82 Å². The first-order chi connectivity index (χ1) is 9.61. The molecule has 0 aliphatic heterocycles. The van der Waals surface area contributed by atoms with Gasteiger partial charge in [-0.2, -0.15) is 0 Å². The number of anilines is 1. The summed E-state index contributed by atoms with van der Waals surface area (Å²) in [4.78, 5) is 8.38. The second-order valence-electron chi connectivity index (χ2n) is 4.66. The molecular weight excluding hydrogens is 338 g/mol. The van der Waals surface area contributed by atoms with Crippen LogP contribution in [-0.2, 0) is 6.42 Å².